The van der Waals surface area contributed by atoms with Crippen molar-refractivity contribution in [3.8, 4) is 0 Å². The number of pyridine rings is 1. The quantitative estimate of drug-likeness (QED) is 0.451. The summed E-state index contributed by atoms with van der Waals surface area (Å²) >= 11 is 0. The molecule has 1 saturated carbocycles. The van der Waals surface area contributed by atoms with Crippen LogP contribution in [0.1, 0.15) is 37.7 Å². The van der Waals surface area contributed by atoms with E-state index >= 15 is 0 Å². The smallest absolute Gasteiger partial charge is 0.191 e. The Hall–Kier alpha value is -1.05. The zero-order chi connectivity index (χ0) is 14.5. The molecule has 1 aliphatic heterocycles. The van der Waals surface area contributed by atoms with Crippen LogP contribution in [-0.4, -0.2) is 37.1 Å². The third-order valence-corrected chi connectivity index (χ3v) is 4.11. The largest absolute Gasteiger partial charge is 0.356 e. The first kappa shape index (κ1) is 17.3. The molecule has 1 aromatic heterocycles. The molecule has 1 aromatic rings. The third kappa shape index (κ3) is 4.72. The number of hydrogen-bond donors (Lipinski definition) is 2. The summed E-state index contributed by atoms with van der Waals surface area (Å²) in [5, 5.41) is 6.82. The van der Waals surface area contributed by atoms with E-state index in [1.165, 1.54) is 37.7 Å². The maximum Gasteiger partial charge on any atom is 0.191 e. The number of halogens is 1. The number of rotatable bonds is 4. The van der Waals surface area contributed by atoms with Gasteiger partial charge in [0, 0.05) is 44.5 Å². The van der Waals surface area contributed by atoms with Crippen molar-refractivity contribution in [2.75, 3.05) is 25.0 Å². The fourth-order valence-corrected chi connectivity index (χ4v) is 2.75. The lowest BCUT2D eigenvalue weighted by Gasteiger charge is -2.29. The van der Waals surface area contributed by atoms with Gasteiger partial charge in [0.15, 0.2) is 5.96 Å². The average molecular weight is 415 g/mol. The highest BCUT2D eigenvalue weighted by atomic mass is 127. The minimum atomic E-state index is 0. The topological polar surface area (TPSA) is 52.6 Å². The highest BCUT2D eigenvalue weighted by molar-refractivity contribution is 14.0. The van der Waals surface area contributed by atoms with Crippen molar-refractivity contribution in [2.24, 2.45) is 4.99 Å². The summed E-state index contributed by atoms with van der Waals surface area (Å²) in [6.07, 6.45) is 8.29. The van der Waals surface area contributed by atoms with Gasteiger partial charge in [-0.15, -0.1) is 24.0 Å². The third-order valence-electron chi connectivity index (χ3n) is 4.11. The average Bonchev–Trinajstić information content (AvgIpc) is 3.36. The number of aliphatic imine (C=N–C) groups is 1. The van der Waals surface area contributed by atoms with Crippen LogP contribution in [0.15, 0.2) is 23.3 Å². The summed E-state index contributed by atoms with van der Waals surface area (Å²) in [5.74, 6) is 2.03. The summed E-state index contributed by atoms with van der Waals surface area (Å²) in [6.45, 7) is 3.02. The summed E-state index contributed by atoms with van der Waals surface area (Å²) in [6, 6.07) is 4.79. The number of piperidine rings is 1. The second kappa shape index (κ2) is 8.55. The summed E-state index contributed by atoms with van der Waals surface area (Å²) in [5.41, 5.74) is 1.25. The van der Waals surface area contributed by atoms with Gasteiger partial charge in [0.05, 0.1) is 0 Å². The normalized spacial score (nSPS) is 18.6. The van der Waals surface area contributed by atoms with Crippen molar-refractivity contribution in [2.45, 2.75) is 44.7 Å². The Balaban J connectivity index is 0.00000176. The zero-order valence-electron chi connectivity index (χ0n) is 13.2. The highest BCUT2D eigenvalue weighted by Crippen LogP contribution is 2.21. The molecule has 0 bridgehead atoms. The van der Waals surface area contributed by atoms with Gasteiger partial charge in [0.2, 0.25) is 0 Å². The van der Waals surface area contributed by atoms with E-state index in [4.69, 9.17) is 0 Å². The van der Waals surface area contributed by atoms with Crippen molar-refractivity contribution in [1.29, 1.82) is 0 Å². The summed E-state index contributed by atoms with van der Waals surface area (Å²) in [7, 11) is 1.83. The van der Waals surface area contributed by atoms with E-state index < -0.39 is 0 Å². The fourth-order valence-electron chi connectivity index (χ4n) is 2.75. The van der Waals surface area contributed by atoms with Crippen molar-refractivity contribution in [3.05, 3.63) is 23.9 Å². The van der Waals surface area contributed by atoms with Crippen molar-refractivity contribution >= 4 is 35.8 Å². The molecule has 1 saturated heterocycles. The molecule has 3 rings (SSSR count). The van der Waals surface area contributed by atoms with E-state index in [9.17, 15) is 0 Å². The van der Waals surface area contributed by atoms with E-state index in [1.54, 1.807) is 0 Å². The molecule has 0 atom stereocenters. The van der Waals surface area contributed by atoms with Crippen molar-refractivity contribution in [1.82, 2.24) is 15.6 Å². The first-order valence-corrected chi connectivity index (χ1v) is 8.03. The Labute approximate surface area is 150 Å². The van der Waals surface area contributed by atoms with Crippen LogP contribution in [0, 0.1) is 0 Å². The zero-order valence-corrected chi connectivity index (χ0v) is 15.5. The van der Waals surface area contributed by atoms with Gasteiger partial charge in [0.25, 0.3) is 0 Å². The lowest BCUT2D eigenvalue weighted by atomic mass is 10.1. The molecule has 0 aromatic carbocycles. The molecule has 2 aliphatic rings. The molecule has 122 valence electrons. The molecule has 0 unspecified atom stereocenters. The second-order valence-electron chi connectivity index (χ2n) is 5.88. The first-order chi connectivity index (χ1) is 10.4. The summed E-state index contributed by atoms with van der Waals surface area (Å²) in [4.78, 5) is 11.3. The van der Waals surface area contributed by atoms with Crippen LogP contribution >= 0.6 is 24.0 Å². The lowest BCUT2D eigenvalue weighted by Crippen LogP contribution is -2.38. The standard InChI is InChI=1S/C16H25N5.HI/c1-17-16(20-14-7-8-14)19-12-13-6-5-9-18-15(13)21-10-3-2-4-11-21;/h5-6,9,14H,2-4,7-8,10-12H2,1H3,(H2,17,19,20);1H. The van der Waals surface area contributed by atoms with Gasteiger partial charge in [-0.1, -0.05) is 6.07 Å². The SMILES string of the molecule is CN=C(NCc1cccnc1N1CCCCC1)NC1CC1.I. The number of anilines is 1. The number of nitrogens with zero attached hydrogens (tertiary/aromatic N) is 3. The maximum absolute atomic E-state index is 4.61. The van der Waals surface area contributed by atoms with E-state index in [0.717, 1.165) is 31.4 Å². The van der Waals surface area contributed by atoms with Gasteiger partial charge in [-0.2, -0.15) is 0 Å². The van der Waals surface area contributed by atoms with Crippen LogP contribution in [0.2, 0.25) is 0 Å². The first-order valence-electron chi connectivity index (χ1n) is 8.03. The summed E-state index contributed by atoms with van der Waals surface area (Å²) < 4.78 is 0. The molecule has 0 radical (unpaired) electrons. The van der Waals surface area contributed by atoms with Crippen LogP contribution in [-0.2, 0) is 6.54 Å². The van der Waals surface area contributed by atoms with Crippen LogP contribution in [0.25, 0.3) is 0 Å². The molecule has 5 nitrogen and oxygen atoms in total. The second-order valence-corrected chi connectivity index (χ2v) is 5.88. The Morgan fingerprint density at radius 3 is 2.77 bits per heavy atom. The number of aromatic nitrogens is 1. The Morgan fingerprint density at radius 2 is 2.09 bits per heavy atom. The maximum atomic E-state index is 4.61. The van der Waals surface area contributed by atoms with E-state index in [-0.39, 0.29) is 24.0 Å². The fraction of sp³-hybridized carbons (Fsp3) is 0.625. The molecule has 2 N–H and O–H groups in total. The Bertz CT molecular complexity index is 495. The Morgan fingerprint density at radius 1 is 1.32 bits per heavy atom. The predicted molar refractivity (Wildman–Crippen MR) is 102 cm³/mol. The number of nitrogens with one attached hydrogen (secondary N) is 2. The van der Waals surface area contributed by atoms with Crippen LogP contribution in [0.4, 0.5) is 5.82 Å². The van der Waals surface area contributed by atoms with Gasteiger partial charge < -0.3 is 15.5 Å². The minimum absolute atomic E-state index is 0. The highest BCUT2D eigenvalue weighted by Gasteiger charge is 2.22. The molecule has 22 heavy (non-hydrogen) atoms. The van der Waals surface area contributed by atoms with Gasteiger partial charge in [0.1, 0.15) is 5.82 Å². The molecule has 0 spiro atoms. The molecular weight excluding hydrogens is 389 g/mol. The van der Waals surface area contributed by atoms with E-state index in [2.05, 4.69) is 31.6 Å². The molecule has 2 fully saturated rings. The molecule has 0 amide bonds. The van der Waals surface area contributed by atoms with E-state index in [1.807, 2.05) is 19.3 Å². The molecule has 2 heterocycles. The molecule has 6 heteroatoms. The minimum Gasteiger partial charge on any atom is -0.356 e. The molecule has 1 aliphatic carbocycles. The predicted octanol–water partition coefficient (Wildman–Crippen LogP) is 2.52. The number of guanidine groups is 1. The van der Waals surface area contributed by atoms with Gasteiger partial charge >= 0.3 is 0 Å². The monoisotopic (exact) mass is 415 g/mol. The Kier molecular flexibility index (Phi) is 6.72. The van der Waals surface area contributed by atoms with Gasteiger partial charge in [-0.05, 0) is 38.2 Å². The van der Waals surface area contributed by atoms with Crippen molar-refractivity contribution in [3.63, 3.8) is 0 Å². The van der Waals surface area contributed by atoms with Crippen LogP contribution < -0.4 is 15.5 Å². The van der Waals surface area contributed by atoms with Gasteiger partial charge in [-0.3, -0.25) is 4.99 Å². The molecular formula is C16H26IN5. The van der Waals surface area contributed by atoms with Crippen LogP contribution in [0.5, 0.6) is 0 Å². The van der Waals surface area contributed by atoms with Crippen molar-refractivity contribution < 1.29 is 0 Å². The van der Waals surface area contributed by atoms with Crippen LogP contribution in [0.3, 0.4) is 0 Å². The van der Waals surface area contributed by atoms with E-state index in [0.29, 0.717) is 6.04 Å². The number of hydrogen-bond acceptors (Lipinski definition) is 3. The van der Waals surface area contributed by atoms with Gasteiger partial charge in [-0.25, -0.2) is 4.98 Å². The lowest BCUT2D eigenvalue weighted by molar-refractivity contribution is 0.571.